The highest BCUT2D eigenvalue weighted by atomic mass is 16.6. The Hall–Kier alpha value is -1.32. The molecular formula is C29H46O8. The van der Waals surface area contributed by atoms with Crippen LogP contribution in [0.2, 0.25) is 0 Å². The van der Waals surface area contributed by atoms with Crippen molar-refractivity contribution in [3.8, 4) is 0 Å². The van der Waals surface area contributed by atoms with E-state index in [1.54, 1.807) is 26.8 Å². The monoisotopic (exact) mass is 522 g/mol. The average molecular weight is 523 g/mol. The first-order chi connectivity index (χ1) is 16.9. The molecule has 210 valence electrons. The lowest BCUT2D eigenvalue weighted by Crippen LogP contribution is -2.63. The predicted molar refractivity (Wildman–Crippen MR) is 136 cm³/mol. The van der Waals surface area contributed by atoms with Crippen molar-refractivity contribution in [3.05, 3.63) is 11.6 Å². The third kappa shape index (κ3) is 4.50. The van der Waals surface area contributed by atoms with Gasteiger partial charge in [-0.15, -0.1) is 0 Å². The molecule has 5 N–H and O–H groups in total. The van der Waals surface area contributed by atoms with Gasteiger partial charge in [0, 0.05) is 18.3 Å². The third-order valence-electron chi connectivity index (χ3n) is 10.8. The van der Waals surface area contributed by atoms with E-state index in [-0.39, 0.29) is 24.5 Å². The quantitative estimate of drug-likeness (QED) is 0.335. The second kappa shape index (κ2) is 9.12. The summed E-state index contributed by atoms with van der Waals surface area (Å²) in [7, 11) is 0. The Morgan fingerprint density at radius 1 is 1.16 bits per heavy atom. The number of ether oxygens (including phenoxy) is 1. The first kappa shape index (κ1) is 28.7. The maximum atomic E-state index is 13.5. The second-order valence-electron chi connectivity index (χ2n) is 13.8. The topological polar surface area (TPSA) is 145 Å². The molecular weight excluding hydrogens is 476 g/mol. The van der Waals surface area contributed by atoms with Crippen LogP contribution in [-0.2, 0) is 14.3 Å². The predicted octanol–water partition coefficient (Wildman–Crippen LogP) is 2.42. The molecule has 0 aliphatic heterocycles. The molecule has 4 aliphatic carbocycles. The molecule has 0 amide bonds. The van der Waals surface area contributed by atoms with E-state index in [9.17, 15) is 35.1 Å². The normalized spacial score (nSPS) is 44.1. The number of allylic oxidation sites excluding steroid dienone is 1. The zero-order chi connectivity index (χ0) is 27.8. The molecule has 0 radical (unpaired) electrons. The number of fused-ring (bicyclic) bond motifs is 5. The highest BCUT2D eigenvalue weighted by Crippen LogP contribution is 2.68. The fraction of sp³-hybridized carbons (Fsp3) is 0.862. The van der Waals surface area contributed by atoms with E-state index in [1.807, 2.05) is 13.8 Å². The molecule has 3 fully saturated rings. The van der Waals surface area contributed by atoms with Crippen LogP contribution >= 0.6 is 0 Å². The minimum atomic E-state index is -1.48. The number of aliphatic hydroxyl groups excluding tert-OH is 2. The minimum absolute atomic E-state index is 0.115. The van der Waals surface area contributed by atoms with Crippen LogP contribution in [0.3, 0.4) is 0 Å². The van der Waals surface area contributed by atoms with Crippen LogP contribution in [0.1, 0.15) is 92.9 Å². The van der Waals surface area contributed by atoms with Crippen molar-refractivity contribution in [3.63, 3.8) is 0 Å². The number of rotatable bonds is 6. The molecule has 0 aromatic heterocycles. The number of ketones is 1. The number of esters is 1. The van der Waals surface area contributed by atoms with Gasteiger partial charge >= 0.3 is 5.97 Å². The summed E-state index contributed by atoms with van der Waals surface area (Å²) in [5, 5.41) is 55.9. The standard InChI is InChI=1S/C29H46O8/c1-16(30)37-22-14-19-20(31)13-18-17(26(19,4)15-21(22)32)7-11-27(5)23(8-12-29(18,27)36)28(6,35)24(33)9-10-25(2,3)34/h13,17,19,21-24,32-36H,7-12,14-15H2,1-6H3/t17-,19-,21-,22+,23-,24+,26+,27+,28?,29+/m0/s1. The molecule has 0 heterocycles. The Balaban J connectivity index is 1.64. The van der Waals surface area contributed by atoms with Crippen molar-refractivity contribution >= 4 is 11.8 Å². The van der Waals surface area contributed by atoms with E-state index in [4.69, 9.17) is 4.74 Å². The van der Waals surface area contributed by atoms with Crippen molar-refractivity contribution in [1.82, 2.24) is 0 Å². The summed E-state index contributed by atoms with van der Waals surface area (Å²) in [5.74, 6) is -1.54. The van der Waals surface area contributed by atoms with Crippen molar-refractivity contribution in [2.24, 2.45) is 28.6 Å². The molecule has 8 nitrogen and oxygen atoms in total. The van der Waals surface area contributed by atoms with Gasteiger partial charge in [0.25, 0.3) is 0 Å². The van der Waals surface area contributed by atoms with E-state index in [0.717, 1.165) is 0 Å². The summed E-state index contributed by atoms with van der Waals surface area (Å²) in [6.07, 6.45) is 2.19. The molecule has 4 aliphatic rings. The molecule has 0 bridgehead atoms. The zero-order valence-corrected chi connectivity index (χ0v) is 23.2. The summed E-state index contributed by atoms with van der Waals surface area (Å²) in [6, 6.07) is 0. The smallest absolute Gasteiger partial charge is 0.302 e. The Kier molecular flexibility index (Phi) is 7.07. The first-order valence-corrected chi connectivity index (χ1v) is 13.8. The van der Waals surface area contributed by atoms with Crippen molar-refractivity contribution in [1.29, 1.82) is 0 Å². The zero-order valence-electron chi connectivity index (χ0n) is 23.2. The van der Waals surface area contributed by atoms with Gasteiger partial charge in [0.15, 0.2) is 5.78 Å². The summed E-state index contributed by atoms with van der Waals surface area (Å²) >= 11 is 0. The molecule has 37 heavy (non-hydrogen) atoms. The molecule has 4 rings (SSSR count). The van der Waals surface area contributed by atoms with Gasteiger partial charge in [0.1, 0.15) is 6.10 Å². The van der Waals surface area contributed by atoms with Gasteiger partial charge in [0.05, 0.1) is 29.0 Å². The van der Waals surface area contributed by atoms with Crippen LogP contribution in [0, 0.1) is 28.6 Å². The van der Waals surface area contributed by atoms with Crippen LogP contribution in [0.25, 0.3) is 0 Å². The molecule has 0 saturated heterocycles. The molecule has 0 aromatic rings. The summed E-state index contributed by atoms with van der Waals surface area (Å²) in [6.45, 7) is 10.2. The Morgan fingerprint density at radius 3 is 2.41 bits per heavy atom. The van der Waals surface area contributed by atoms with Crippen LogP contribution in [0.5, 0.6) is 0 Å². The molecule has 0 aromatic carbocycles. The maximum Gasteiger partial charge on any atom is 0.302 e. The highest BCUT2D eigenvalue weighted by molar-refractivity contribution is 5.95. The van der Waals surface area contributed by atoms with Gasteiger partial charge in [-0.05, 0) is 101 Å². The van der Waals surface area contributed by atoms with E-state index in [2.05, 4.69) is 0 Å². The Morgan fingerprint density at radius 2 is 1.81 bits per heavy atom. The van der Waals surface area contributed by atoms with Crippen molar-refractivity contribution in [2.45, 2.75) is 128 Å². The largest absolute Gasteiger partial charge is 0.460 e. The fourth-order valence-electron chi connectivity index (χ4n) is 8.65. The number of hydrogen-bond acceptors (Lipinski definition) is 8. The van der Waals surface area contributed by atoms with Crippen LogP contribution < -0.4 is 0 Å². The van der Waals surface area contributed by atoms with Gasteiger partial charge in [-0.3, -0.25) is 9.59 Å². The molecule has 8 heteroatoms. The van der Waals surface area contributed by atoms with Crippen LogP contribution in [-0.4, -0.2) is 72.4 Å². The molecule has 0 spiro atoms. The van der Waals surface area contributed by atoms with Gasteiger partial charge in [-0.2, -0.15) is 0 Å². The maximum absolute atomic E-state index is 13.5. The lowest BCUT2D eigenvalue weighted by molar-refractivity contribution is -0.182. The fourth-order valence-corrected chi connectivity index (χ4v) is 8.65. The Labute approximate surface area is 220 Å². The molecule has 10 atom stereocenters. The van der Waals surface area contributed by atoms with E-state index >= 15 is 0 Å². The lowest BCUT2D eigenvalue weighted by atomic mass is 9.45. The summed E-state index contributed by atoms with van der Waals surface area (Å²) < 4.78 is 5.32. The molecule has 1 unspecified atom stereocenters. The van der Waals surface area contributed by atoms with Crippen LogP contribution in [0.15, 0.2) is 11.6 Å². The Bertz CT molecular complexity index is 965. The van der Waals surface area contributed by atoms with Crippen molar-refractivity contribution < 1.29 is 39.9 Å². The lowest BCUT2D eigenvalue weighted by Gasteiger charge is -2.60. The second-order valence-corrected chi connectivity index (χ2v) is 13.8. The highest BCUT2D eigenvalue weighted by Gasteiger charge is 2.69. The van der Waals surface area contributed by atoms with Crippen LogP contribution in [0.4, 0.5) is 0 Å². The van der Waals surface area contributed by atoms with E-state index < -0.39 is 63.8 Å². The number of hydrogen-bond donors (Lipinski definition) is 5. The number of aliphatic hydroxyl groups is 5. The number of carbonyl (C=O) groups excluding carboxylic acids is 2. The summed E-state index contributed by atoms with van der Waals surface area (Å²) in [5.41, 5.74) is -4.42. The van der Waals surface area contributed by atoms with Gasteiger partial charge < -0.3 is 30.3 Å². The van der Waals surface area contributed by atoms with Gasteiger partial charge in [0.2, 0.25) is 0 Å². The van der Waals surface area contributed by atoms with Gasteiger partial charge in [-0.25, -0.2) is 0 Å². The van der Waals surface area contributed by atoms with E-state index in [0.29, 0.717) is 44.1 Å². The SMILES string of the molecule is CC(=O)O[C@@H]1C[C@H]2C(=O)C=C3[C@H](CC[C@]4(C)[C@@H](C(C)(O)[C@H](O)CCC(C)(C)O)CC[C@@]34O)[C@@]2(C)C[C@@H]1O. The van der Waals surface area contributed by atoms with Crippen molar-refractivity contribution in [2.75, 3.05) is 0 Å². The molecule has 3 saturated carbocycles. The summed E-state index contributed by atoms with van der Waals surface area (Å²) in [4.78, 5) is 25.0. The van der Waals surface area contributed by atoms with Gasteiger partial charge in [-0.1, -0.05) is 13.8 Å². The third-order valence-corrected chi connectivity index (χ3v) is 10.8. The average Bonchev–Trinajstić information content (AvgIpc) is 3.05. The number of carbonyl (C=O) groups is 2. The first-order valence-electron chi connectivity index (χ1n) is 13.8. The minimum Gasteiger partial charge on any atom is -0.460 e. The van der Waals surface area contributed by atoms with E-state index in [1.165, 1.54) is 6.92 Å².